The van der Waals surface area contributed by atoms with E-state index in [9.17, 15) is 4.79 Å². The molecular weight excluding hydrogens is 256 g/mol. The maximum atomic E-state index is 11.5. The molecular formula is C11H21BrN2O. The Labute approximate surface area is 101 Å². The third-order valence-electron chi connectivity index (χ3n) is 3.05. The molecule has 1 fully saturated rings. The van der Waals surface area contributed by atoms with Crippen molar-refractivity contribution in [3.8, 4) is 0 Å². The lowest BCUT2D eigenvalue weighted by atomic mass is 9.97. The van der Waals surface area contributed by atoms with E-state index < -0.39 is 0 Å². The summed E-state index contributed by atoms with van der Waals surface area (Å²) >= 11 is 3.36. The van der Waals surface area contributed by atoms with Crippen molar-refractivity contribution < 1.29 is 4.79 Å². The Balaban J connectivity index is 2.17. The number of nitrogens with one attached hydrogen (secondary N) is 1. The molecule has 0 saturated carbocycles. The van der Waals surface area contributed by atoms with Gasteiger partial charge >= 0.3 is 0 Å². The zero-order chi connectivity index (χ0) is 11.3. The van der Waals surface area contributed by atoms with Gasteiger partial charge in [-0.05, 0) is 45.3 Å². The fourth-order valence-corrected chi connectivity index (χ4v) is 1.97. The molecule has 1 saturated heterocycles. The van der Waals surface area contributed by atoms with Crippen LogP contribution in [-0.2, 0) is 4.79 Å². The van der Waals surface area contributed by atoms with Gasteiger partial charge in [-0.3, -0.25) is 4.79 Å². The van der Waals surface area contributed by atoms with E-state index in [1.165, 1.54) is 12.8 Å². The molecule has 1 unspecified atom stereocenters. The van der Waals surface area contributed by atoms with Gasteiger partial charge in [-0.25, -0.2) is 0 Å². The molecule has 0 spiro atoms. The average Bonchev–Trinajstić information content (AvgIpc) is 2.26. The van der Waals surface area contributed by atoms with Gasteiger partial charge < -0.3 is 10.2 Å². The first kappa shape index (κ1) is 13.0. The van der Waals surface area contributed by atoms with Crippen LogP contribution in [-0.4, -0.2) is 42.3 Å². The van der Waals surface area contributed by atoms with Gasteiger partial charge in [0.1, 0.15) is 0 Å². The minimum Gasteiger partial charge on any atom is -0.355 e. The highest BCUT2D eigenvalue weighted by Crippen LogP contribution is 2.15. The van der Waals surface area contributed by atoms with Crippen LogP contribution < -0.4 is 5.32 Å². The molecule has 0 aromatic heterocycles. The van der Waals surface area contributed by atoms with E-state index >= 15 is 0 Å². The number of carbonyl (C=O) groups is 1. The van der Waals surface area contributed by atoms with Crippen LogP contribution in [0.15, 0.2) is 0 Å². The number of rotatable bonds is 4. The first-order valence-corrected chi connectivity index (χ1v) is 6.65. The van der Waals surface area contributed by atoms with E-state index in [-0.39, 0.29) is 10.7 Å². The number of nitrogens with zero attached hydrogens (tertiary/aromatic N) is 1. The largest absolute Gasteiger partial charge is 0.355 e. The van der Waals surface area contributed by atoms with Crippen LogP contribution in [0.2, 0.25) is 0 Å². The number of piperidine rings is 1. The molecule has 4 heteroatoms. The Morgan fingerprint density at radius 3 is 2.67 bits per heavy atom. The molecule has 88 valence electrons. The molecule has 1 N–H and O–H groups in total. The second-order valence-corrected chi connectivity index (χ2v) is 5.47. The van der Waals surface area contributed by atoms with Crippen LogP contribution in [0.4, 0.5) is 0 Å². The molecule has 0 radical (unpaired) electrons. The van der Waals surface area contributed by atoms with Crippen LogP contribution in [0, 0.1) is 5.92 Å². The van der Waals surface area contributed by atoms with E-state index in [0.717, 1.165) is 26.1 Å². The van der Waals surface area contributed by atoms with E-state index in [0.29, 0.717) is 5.92 Å². The van der Waals surface area contributed by atoms with Gasteiger partial charge in [-0.15, -0.1) is 0 Å². The molecule has 0 aromatic carbocycles. The normalized spacial score (nSPS) is 21.3. The molecule has 3 nitrogen and oxygen atoms in total. The van der Waals surface area contributed by atoms with Crippen LogP contribution in [0.5, 0.6) is 0 Å². The standard InChI is InChI=1S/C11H21BrN2O/c1-3-10(12)11(15)13-8-9-4-6-14(2)7-5-9/h9-10H,3-8H2,1-2H3,(H,13,15). The molecule has 1 atom stereocenters. The summed E-state index contributed by atoms with van der Waals surface area (Å²) in [6, 6.07) is 0. The number of alkyl halides is 1. The van der Waals surface area contributed by atoms with Crippen molar-refractivity contribution in [3.05, 3.63) is 0 Å². The minimum absolute atomic E-state index is 0.0243. The summed E-state index contributed by atoms with van der Waals surface area (Å²) in [5.41, 5.74) is 0. The maximum absolute atomic E-state index is 11.5. The smallest absolute Gasteiger partial charge is 0.233 e. The number of amides is 1. The maximum Gasteiger partial charge on any atom is 0.233 e. The lowest BCUT2D eigenvalue weighted by Gasteiger charge is -2.29. The second-order valence-electron chi connectivity index (χ2n) is 4.37. The molecule has 0 aromatic rings. The fourth-order valence-electron chi connectivity index (χ4n) is 1.81. The Kier molecular flexibility index (Phi) is 5.61. The molecule has 1 amide bonds. The minimum atomic E-state index is -0.0243. The lowest BCUT2D eigenvalue weighted by Crippen LogP contribution is -2.39. The van der Waals surface area contributed by atoms with Gasteiger partial charge in [0.15, 0.2) is 0 Å². The van der Waals surface area contributed by atoms with Gasteiger partial charge in [-0.2, -0.15) is 0 Å². The summed E-state index contributed by atoms with van der Waals surface area (Å²) in [6.45, 7) is 5.17. The molecule has 15 heavy (non-hydrogen) atoms. The highest BCUT2D eigenvalue weighted by molar-refractivity contribution is 9.10. The van der Waals surface area contributed by atoms with Gasteiger partial charge in [0.2, 0.25) is 5.91 Å². The molecule has 1 aliphatic heterocycles. The van der Waals surface area contributed by atoms with Crippen molar-refractivity contribution in [1.82, 2.24) is 10.2 Å². The summed E-state index contributed by atoms with van der Waals surface area (Å²) in [7, 11) is 2.15. The van der Waals surface area contributed by atoms with Gasteiger partial charge in [0.05, 0.1) is 4.83 Å². The number of likely N-dealkylation sites (tertiary alicyclic amines) is 1. The van der Waals surface area contributed by atoms with Gasteiger partial charge in [-0.1, -0.05) is 22.9 Å². The molecule has 1 aliphatic rings. The lowest BCUT2D eigenvalue weighted by molar-refractivity contribution is -0.120. The van der Waals surface area contributed by atoms with Crippen LogP contribution in [0.3, 0.4) is 0 Å². The van der Waals surface area contributed by atoms with Crippen molar-refractivity contribution in [3.63, 3.8) is 0 Å². The van der Waals surface area contributed by atoms with Gasteiger partial charge in [0.25, 0.3) is 0 Å². The Bertz CT molecular complexity index is 203. The SMILES string of the molecule is CCC(Br)C(=O)NCC1CCN(C)CC1. The number of halogens is 1. The highest BCUT2D eigenvalue weighted by atomic mass is 79.9. The molecule has 1 rings (SSSR count). The topological polar surface area (TPSA) is 32.3 Å². The summed E-state index contributed by atoms with van der Waals surface area (Å²) < 4.78 is 0. The first-order valence-electron chi connectivity index (χ1n) is 5.73. The van der Waals surface area contributed by atoms with E-state index in [2.05, 4.69) is 33.2 Å². The monoisotopic (exact) mass is 276 g/mol. The Morgan fingerprint density at radius 1 is 1.53 bits per heavy atom. The predicted octanol–water partition coefficient (Wildman–Crippen LogP) is 1.62. The van der Waals surface area contributed by atoms with E-state index in [4.69, 9.17) is 0 Å². The van der Waals surface area contributed by atoms with Crippen molar-refractivity contribution >= 4 is 21.8 Å². The summed E-state index contributed by atoms with van der Waals surface area (Å²) in [4.78, 5) is 13.8. The van der Waals surface area contributed by atoms with Crippen LogP contribution >= 0.6 is 15.9 Å². The van der Waals surface area contributed by atoms with Crippen LogP contribution in [0.25, 0.3) is 0 Å². The number of hydrogen-bond donors (Lipinski definition) is 1. The molecule has 0 bridgehead atoms. The second kappa shape index (κ2) is 6.48. The van der Waals surface area contributed by atoms with E-state index in [1.807, 2.05) is 6.92 Å². The third kappa shape index (κ3) is 4.51. The predicted molar refractivity (Wildman–Crippen MR) is 66.2 cm³/mol. The van der Waals surface area contributed by atoms with E-state index in [1.54, 1.807) is 0 Å². The highest BCUT2D eigenvalue weighted by Gasteiger charge is 2.18. The van der Waals surface area contributed by atoms with Crippen molar-refractivity contribution in [2.24, 2.45) is 5.92 Å². The first-order chi connectivity index (χ1) is 7.13. The van der Waals surface area contributed by atoms with Crippen molar-refractivity contribution in [1.29, 1.82) is 0 Å². The molecule has 0 aliphatic carbocycles. The zero-order valence-electron chi connectivity index (χ0n) is 9.63. The summed E-state index contributed by atoms with van der Waals surface area (Å²) in [5, 5.41) is 3.01. The number of hydrogen-bond acceptors (Lipinski definition) is 2. The van der Waals surface area contributed by atoms with Crippen molar-refractivity contribution in [2.75, 3.05) is 26.7 Å². The quantitative estimate of drug-likeness (QED) is 0.792. The summed E-state index contributed by atoms with van der Waals surface area (Å²) in [5.74, 6) is 0.804. The van der Waals surface area contributed by atoms with Crippen molar-refractivity contribution in [2.45, 2.75) is 31.0 Å². The fraction of sp³-hybridized carbons (Fsp3) is 0.909. The average molecular weight is 277 g/mol. The summed E-state index contributed by atoms with van der Waals surface area (Å²) in [6.07, 6.45) is 3.25. The Hall–Kier alpha value is -0.0900. The molecule has 1 heterocycles. The Morgan fingerprint density at radius 2 is 2.13 bits per heavy atom. The number of carbonyl (C=O) groups excluding carboxylic acids is 1. The van der Waals surface area contributed by atoms with Crippen LogP contribution in [0.1, 0.15) is 26.2 Å². The zero-order valence-corrected chi connectivity index (χ0v) is 11.2. The third-order valence-corrected chi connectivity index (χ3v) is 4.11. The van der Waals surface area contributed by atoms with Gasteiger partial charge in [0, 0.05) is 6.54 Å².